The van der Waals surface area contributed by atoms with Gasteiger partial charge in [-0.05, 0) is 30.4 Å². The maximum absolute atomic E-state index is 12.6. The predicted octanol–water partition coefficient (Wildman–Crippen LogP) is 4.11. The molecule has 0 radical (unpaired) electrons. The van der Waals surface area contributed by atoms with E-state index in [-0.39, 0.29) is 11.6 Å². The van der Waals surface area contributed by atoms with Gasteiger partial charge in [-0.25, -0.2) is 13.1 Å². The molecule has 1 N–H and O–H groups in total. The summed E-state index contributed by atoms with van der Waals surface area (Å²) in [4.78, 5) is 0. The summed E-state index contributed by atoms with van der Waals surface area (Å²) in [5.74, 6) is 0.779. The molecule has 124 valence electrons. The molecule has 1 aromatic heterocycles. The van der Waals surface area contributed by atoms with E-state index in [1.807, 2.05) is 24.3 Å². The fraction of sp³-hybridized carbons (Fsp3) is 0.412. The molecule has 0 bridgehead atoms. The highest BCUT2D eigenvalue weighted by Gasteiger charge is 2.40. The number of hydrogen-bond donors (Lipinski definition) is 1. The number of hydrogen-bond acceptors (Lipinski definition) is 4. The molecule has 0 saturated carbocycles. The molecule has 0 fully saturated rings. The molecule has 2 aromatic rings. The molecule has 1 aromatic carbocycles. The molecule has 3 rings (SSSR count). The van der Waals surface area contributed by atoms with E-state index in [4.69, 9.17) is 4.74 Å². The third-order valence-corrected chi connectivity index (χ3v) is 7.41. The van der Waals surface area contributed by atoms with Gasteiger partial charge in [0.25, 0.3) is 10.0 Å². The molecule has 0 saturated heterocycles. The van der Waals surface area contributed by atoms with Crippen molar-refractivity contribution < 1.29 is 13.2 Å². The lowest BCUT2D eigenvalue weighted by molar-refractivity contribution is 0.0260. The number of rotatable bonds is 5. The van der Waals surface area contributed by atoms with Gasteiger partial charge in [0.2, 0.25) is 0 Å². The van der Waals surface area contributed by atoms with Crippen molar-refractivity contribution in [3.63, 3.8) is 0 Å². The van der Waals surface area contributed by atoms with Crippen molar-refractivity contribution in [1.82, 2.24) is 4.72 Å². The Balaban J connectivity index is 1.97. The van der Waals surface area contributed by atoms with Crippen LogP contribution in [0, 0.1) is 0 Å². The summed E-state index contributed by atoms with van der Waals surface area (Å²) in [5, 5.41) is 1.77. The summed E-state index contributed by atoms with van der Waals surface area (Å²) in [6.45, 7) is 4.17. The topological polar surface area (TPSA) is 55.4 Å². The quantitative estimate of drug-likeness (QED) is 0.882. The van der Waals surface area contributed by atoms with Crippen LogP contribution in [0.1, 0.15) is 44.7 Å². The zero-order valence-corrected chi connectivity index (χ0v) is 14.9. The molecular formula is C17H21NO3S2. The van der Waals surface area contributed by atoms with Gasteiger partial charge in [-0.15, -0.1) is 11.3 Å². The van der Waals surface area contributed by atoms with Crippen LogP contribution in [0.25, 0.3) is 0 Å². The molecule has 1 aliphatic rings. The molecule has 1 aliphatic heterocycles. The number of thiophene rings is 1. The molecule has 0 aliphatic carbocycles. The fourth-order valence-corrected chi connectivity index (χ4v) is 5.29. The number of para-hydroxylation sites is 1. The van der Waals surface area contributed by atoms with E-state index in [9.17, 15) is 8.42 Å². The number of fused-ring (bicyclic) bond motifs is 1. The molecule has 6 heteroatoms. The third kappa shape index (κ3) is 3.16. The van der Waals surface area contributed by atoms with Crippen LogP contribution >= 0.6 is 11.3 Å². The van der Waals surface area contributed by atoms with Gasteiger partial charge in [0.05, 0.1) is 6.04 Å². The highest BCUT2D eigenvalue weighted by atomic mass is 32.2. The van der Waals surface area contributed by atoms with Crippen molar-refractivity contribution in [2.75, 3.05) is 0 Å². The van der Waals surface area contributed by atoms with E-state index in [0.29, 0.717) is 10.6 Å². The second-order valence-corrected chi connectivity index (χ2v) is 8.73. The minimum absolute atomic E-state index is 0.271. The SMILES string of the molecule is CCC1(CC)C[C@H](NS(=O)(=O)c2cccs2)c2ccccc2O1. The van der Waals surface area contributed by atoms with E-state index >= 15 is 0 Å². The van der Waals surface area contributed by atoms with E-state index < -0.39 is 10.0 Å². The van der Waals surface area contributed by atoms with Gasteiger partial charge >= 0.3 is 0 Å². The van der Waals surface area contributed by atoms with E-state index in [1.54, 1.807) is 17.5 Å². The monoisotopic (exact) mass is 351 g/mol. The summed E-state index contributed by atoms with van der Waals surface area (Å²) in [7, 11) is -3.51. The van der Waals surface area contributed by atoms with Crippen molar-refractivity contribution in [3.05, 3.63) is 47.3 Å². The van der Waals surface area contributed by atoms with Gasteiger partial charge < -0.3 is 4.74 Å². The first-order valence-corrected chi connectivity index (χ1v) is 10.2. The normalized spacial score (nSPS) is 19.8. The second kappa shape index (κ2) is 6.26. The number of sulfonamides is 1. The first kappa shape index (κ1) is 16.5. The van der Waals surface area contributed by atoms with Crippen LogP contribution < -0.4 is 9.46 Å². The van der Waals surface area contributed by atoms with Gasteiger partial charge in [0.15, 0.2) is 0 Å². The Labute approximate surface area is 141 Å². The number of ether oxygens (including phenoxy) is 1. The molecule has 4 nitrogen and oxygen atoms in total. The zero-order valence-electron chi connectivity index (χ0n) is 13.3. The zero-order chi connectivity index (χ0) is 16.5. The first-order valence-electron chi connectivity index (χ1n) is 7.83. The Morgan fingerprint density at radius 2 is 1.96 bits per heavy atom. The summed E-state index contributed by atoms with van der Waals surface area (Å²) >= 11 is 1.23. The molecule has 2 heterocycles. The van der Waals surface area contributed by atoms with Crippen molar-refractivity contribution >= 4 is 21.4 Å². The molecule has 0 unspecified atom stereocenters. The molecule has 23 heavy (non-hydrogen) atoms. The van der Waals surface area contributed by atoms with E-state index in [1.165, 1.54) is 11.3 Å². The molecule has 1 atom stereocenters. The van der Waals surface area contributed by atoms with E-state index in [0.717, 1.165) is 24.2 Å². The standard InChI is InChI=1S/C17H21NO3S2/c1-3-17(4-2)12-14(13-8-5-6-9-15(13)21-17)18-23(19,20)16-10-7-11-22-16/h5-11,14,18H,3-4,12H2,1-2H3/t14-/m0/s1. The third-order valence-electron chi connectivity index (χ3n) is 4.54. The summed E-state index contributed by atoms with van der Waals surface area (Å²) in [6, 6.07) is 10.8. The Hall–Kier alpha value is -1.37. The Morgan fingerprint density at radius 3 is 2.61 bits per heavy atom. The lowest BCUT2D eigenvalue weighted by Crippen LogP contribution is -2.44. The minimum atomic E-state index is -3.51. The average Bonchev–Trinajstić information content (AvgIpc) is 3.10. The Kier molecular flexibility index (Phi) is 4.49. The van der Waals surface area contributed by atoms with E-state index in [2.05, 4.69) is 18.6 Å². The van der Waals surface area contributed by atoms with Crippen molar-refractivity contribution in [2.24, 2.45) is 0 Å². The average molecular weight is 351 g/mol. The van der Waals surface area contributed by atoms with Gasteiger partial charge in [0, 0.05) is 12.0 Å². The summed E-state index contributed by atoms with van der Waals surface area (Å²) in [6.07, 6.45) is 2.33. The lowest BCUT2D eigenvalue weighted by atomic mass is 9.84. The minimum Gasteiger partial charge on any atom is -0.487 e. The molecular weight excluding hydrogens is 330 g/mol. The fourth-order valence-electron chi connectivity index (χ4n) is 3.07. The maximum Gasteiger partial charge on any atom is 0.250 e. The van der Waals surface area contributed by atoms with Crippen LogP contribution in [0.5, 0.6) is 5.75 Å². The predicted molar refractivity (Wildman–Crippen MR) is 92.4 cm³/mol. The molecule has 0 spiro atoms. The first-order chi connectivity index (χ1) is 11.0. The second-order valence-electron chi connectivity index (χ2n) is 5.84. The van der Waals surface area contributed by atoms with Gasteiger partial charge in [0.1, 0.15) is 15.6 Å². The number of nitrogens with one attached hydrogen (secondary N) is 1. The Bertz CT molecular complexity index is 765. The van der Waals surface area contributed by atoms with Gasteiger partial charge in [-0.3, -0.25) is 0 Å². The number of benzene rings is 1. The Morgan fingerprint density at radius 1 is 1.22 bits per heavy atom. The summed E-state index contributed by atoms with van der Waals surface area (Å²) < 4.78 is 34.7. The van der Waals surface area contributed by atoms with Crippen molar-refractivity contribution in [3.8, 4) is 5.75 Å². The van der Waals surface area contributed by atoms with Crippen LogP contribution in [0.2, 0.25) is 0 Å². The molecule has 0 amide bonds. The largest absolute Gasteiger partial charge is 0.487 e. The van der Waals surface area contributed by atoms with Crippen LogP contribution in [-0.2, 0) is 10.0 Å². The van der Waals surface area contributed by atoms with Crippen LogP contribution in [0.15, 0.2) is 46.0 Å². The lowest BCUT2D eigenvalue weighted by Gasteiger charge is -2.41. The van der Waals surface area contributed by atoms with Crippen molar-refractivity contribution in [2.45, 2.75) is 49.0 Å². The van der Waals surface area contributed by atoms with Crippen LogP contribution in [0.3, 0.4) is 0 Å². The van der Waals surface area contributed by atoms with Crippen molar-refractivity contribution in [1.29, 1.82) is 0 Å². The summed E-state index contributed by atoms with van der Waals surface area (Å²) in [5.41, 5.74) is 0.585. The maximum atomic E-state index is 12.6. The highest BCUT2D eigenvalue weighted by molar-refractivity contribution is 7.91. The smallest absolute Gasteiger partial charge is 0.250 e. The van der Waals surface area contributed by atoms with Gasteiger partial charge in [-0.2, -0.15) is 0 Å². The van der Waals surface area contributed by atoms with Crippen LogP contribution in [-0.4, -0.2) is 14.0 Å². The van der Waals surface area contributed by atoms with Gasteiger partial charge in [-0.1, -0.05) is 38.1 Å². The van der Waals surface area contributed by atoms with Crippen LogP contribution in [0.4, 0.5) is 0 Å². The highest BCUT2D eigenvalue weighted by Crippen LogP contribution is 2.43.